The number of rotatable bonds is 5. The van der Waals surface area contributed by atoms with Gasteiger partial charge in [0.15, 0.2) is 14.9 Å². The van der Waals surface area contributed by atoms with Crippen LogP contribution in [0.2, 0.25) is 0 Å². The Hall–Kier alpha value is -1.61. The highest BCUT2D eigenvalue weighted by Gasteiger charge is 2.17. The van der Waals surface area contributed by atoms with Crippen LogP contribution in [-0.4, -0.2) is 39.1 Å². The van der Waals surface area contributed by atoms with Gasteiger partial charge in [-0.1, -0.05) is 17.3 Å². The number of nitrogens with zero attached hydrogens (tertiary/aromatic N) is 1. The van der Waals surface area contributed by atoms with Crippen LogP contribution in [0, 0.1) is 0 Å². The fraction of sp³-hybridized carbons (Fsp3) is 0.300. The maximum atomic E-state index is 11.5. The van der Waals surface area contributed by atoms with Crippen LogP contribution in [0.1, 0.15) is 12.5 Å². The SMILES string of the molecule is C/C(=N/O)c1ccc(NS(=O)(=O)CS(C)(=O)=O)cc1. The number of sulfonamides is 1. The van der Waals surface area contributed by atoms with Gasteiger partial charge in [-0.05, 0) is 24.6 Å². The van der Waals surface area contributed by atoms with Crippen molar-refractivity contribution in [2.75, 3.05) is 16.1 Å². The molecule has 1 aromatic rings. The zero-order valence-corrected chi connectivity index (χ0v) is 12.0. The van der Waals surface area contributed by atoms with Gasteiger partial charge in [-0.3, -0.25) is 4.72 Å². The fourth-order valence-electron chi connectivity index (χ4n) is 1.33. The minimum absolute atomic E-state index is 0.234. The second-order valence-electron chi connectivity index (χ2n) is 4.02. The first-order valence-electron chi connectivity index (χ1n) is 5.10. The summed E-state index contributed by atoms with van der Waals surface area (Å²) in [5, 5.41) is 10.6. The van der Waals surface area contributed by atoms with Crippen LogP contribution < -0.4 is 4.72 Å². The van der Waals surface area contributed by atoms with Crippen LogP contribution in [0.4, 0.5) is 5.69 Å². The molecule has 1 aromatic carbocycles. The highest BCUT2D eigenvalue weighted by Crippen LogP contribution is 2.12. The van der Waals surface area contributed by atoms with Crippen LogP contribution in [0.15, 0.2) is 29.4 Å². The van der Waals surface area contributed by atoms with Gasteiger partial charge in [0, 0.05) is 11.9 Å². The smallest absolute Gasteiger partial charge is 0.247 e. The topological polar surface area (TPSA) is 113 Å². The van der Waals surface area contributed by atoms with E-state index in [4.69, 9.17) is 5.21 Å². The molecule has 106 valence electrons. The zero-order valence-electron chi connectivity index (χ0n) is 10.4. The molecule has 0 aliphatic rings. The van der Waals surface area contributed by atoms with Crippen molar-refractivity contribution < 1.29 is 22.0 Å². The second-order valence-corrected chi connectivity index (χ2v) is 8.25. The molecule has 0 aromatic heterocycles. The van der Waals surface area contributed by atoms with Gasteiger partial charge in [0.05, 0.1) is 5.71 Å². The molecule has 0 fully saturated rings. The molecule has 9 heteroatoms. The Morgan fingerprint density at radius 1 is 1.21 bits per heavy atom. The molecule has 19 heavy (non-hydrogen) atoms. The molecule has 0 heterocycles. The standard InChI is InChI=1S/C10H14N2O5S2/c1-8(11-13)9-3-5-10(6-4-9)12-19(16,17)7-18(2,14)15/h3-6,12-13H,7H2,1-2H3/b11-8-. The van der Waals surface area contributed by atoms with E-state index in [1.54, 1.807) is 19.1 Å². The molecule has 2 N–H and O–H groups in total. The Morgan fingerprint density at radius 2 is 1.74 bits per heavy atom. The quantitative estimate of drug-likeness (QED) is 0.470. The summed E-state index contributed by atoms with van der Waals surface area (Å²) in [6.07, 6.45) is 0.844. The molecule has 0 unspecified atom stereocenters. The molecule has 7 nitrogen and oxygen atoms in total. The summed E-state index contributed by atoms with van der Waals surface area (Å²) < 4.78 is 47.1. The molecule has 0 radical (unpaired) electrons. The first-order valence-corrected chi connectivity index (χ1v) is 8.81. The van der Waals surface area contributed by atoms with E-state index in [0.29, 0.717) is 11.3 Å². The molecular weight excluding hydrogens is 292 g/mol. The number of hydrogen-bond acceptors (Lipinski definition) is 6. The Morgan fingerprint density at radius 3 is 2.16 bits per heavy atom. The molecule has 0 amide bonds. The number of hydrogen-bond donors (Lipinski definition) is 2. The first-order chi connectivity index (χ1) is 8.63. The summed E-state index contributed by atoms with van der Waals surface area (Å²) in [5.41, 5.74) is 1.23. The normalized spacial score (nSPS) is 13.3. The summed E-state index contributed by atoms with van der Waals surface area (Å²) >= 11 is 0. The summed E-state index contributed by atoms with van der Waals surface area (Å²) in [6.45, 7) is 1.59. The monoisotopic (exact) mass is 306 g/mol. The maximum absolute atomic E-state index is 11.5. The molecule has 0 spiro atoms. The predicted molar refractivity (Wildman–Crippen MR) is 72.7 cm³/mol. The first kappa shape index (κ1) is 15.4. The highest BCUT2D eigenvalue weighted by molar-refractivity contribution is 8.08. The number of nitrogens with one attached hydrogen (secondary N) is 1. The Bertz CT molecular complexity index is 675. The van der Waals surface area contributed by atoms with Crippen molar-refractivity contribution >= 4 is 31.3 Å². The maximum Gasteiger partial charge on any atom is 0.247 e. The number of oxime groups is 1. The van der Waals surface area contributed by atoms with E-state index < -0.39 is 24.9 Å². The van der Waals surface area contributed by atoms with E-state index in [-0.39, 0.29) is 5.69 Å². The van der Waals surface area contributed by atoms with Crippen molar-refractivity contribution in [3.63, 3.8) is 0 Å². The van der Waals surface area contributed by atoms with E-state index >= 15 is 0 Å². The van der Waals surface area contributed by atoms with Gasteiger partial charge in [0.25, 0.3) is 0 Å². The lowest BCUT2D eigenvalue weighted by atomic mass is 10.1. The van der Waals surface area contributed by atoms with Crippen LogP contribution in [0.5, 0.6) is 0 Å². The highest BCUT2D eigenvalue weighted by atomic mass is 32.3. The third-order valence-corrected chi connectivity index (χ3v) is 5.60. The predicted octanol–water partition coefficient (Wildman–Crippen LogP) is 0.629. The van der Waals surface area contributed by atoms with E-state index in [2.05, 4.69) is 9.88 Å². The van der Waals surface area contributed by atoms with Gasteiger partial charge in [0.2, 0.25) is 10.0 Å². The Balaban J connectivity index is 2.90. The van der Waals surface area contributed by atoms with Crippen LogP contribution >= 0.6 is 0 Å². The average Bonchev–Trinajstić information content (AvgIpc) is 2.25. The molecule has 0 saturated heterocycles. The van der Waals surface area contributed by atoms with Crippen molar-refractivity contribution in [1.82, 2.24) is 0 Å². The van der Waals surface area contributed by atoms with Crippen LogP contribution in [0.25, 0.3) is 0 Å². The molecule has 0 aliphatic heterocycles. The number of anilines is 1. The fourth-order valence-corrected chi connectivity index (χ4v) is 4.31. The van der Waals surface area contributed by atoms with Crippen molar-refractivity contribution in [2.45, 2.75) is 6.92 Å². The van der Waals surface area contributed by atoms with Crippen molar-refractivity contribution in [3.8, 4) is 0 Å². The number of sulfone groups is 1. The summed E-state index contributed by atoms with van der Waals surface area (Å²) in [6, 6.07) is 5.99. The summed E-state index contributed by atoms with van der Waals surface area (Å²) in [7, 11) is -7.58. The summed E-state index contributed by atoms with van der Waals surface area (Å²) in [5.74, 6) is 0. The Labute approximate surface area is 111 Å². The average molecular weight is 306 g/mol. The van der Waals surface area contributed by atoms with E-state index in [1.165, 1.54) is 12.1 Å². The minimum atomic E-state index is -3.95. The van der Waals surface area contributed by atoms with Crippen molar-refractivity contribution in [3.05, 3.63) is 29.8 Å². The van der Waals surface area contributed by atoms with Gasteiger partial charge < -0.3 is 5.21 Å². The van der Waals surface area contributed by atoms with Gasteiger partial charge in [-0.2, -0.15) is 0 Å². The van der Waals surface area contributed by atoms with Gasteiger partial charge in [-0.15, -0.1) is 0 Å². The lowest BCUT2D eigenvalue weighted by Gasteiger charge is -2.07. The molecular formula is C10H14N2O5S2. The van der Waals surface area contributed by atoms with Gasteiger partial charge in [-0.25, -0.2) is 16.8 Å². The lowest BCUT2D eigenvalue weighted by molar-refractivity contribution is 0.319. The van der Waals surface area contributed by atoms with Crippen molar-refractivity contribution in [2.24, 2.45) is 5.16 Å². The minimum Gasteiger partial charge on any atom is -0.411 e. The molecule has 0 atom stereocenters. The Kier molecular flexibility index (Phi) is 4.53. The third-order valence-electron chi connectivity index (χ3n) is 2.10. The van der Waals surface area contributed by atoms with E-state index in [0.717, 1.165) is 6.26 Å². The summed E-state index contributed by atoms with van der Waals surface area (Å²) in [4.78, 5) is 0. The zero-order chi connectivity index (χ0) is 14.7. The van der Waals surface area contributed by atoms with Crippen molar-refractivity contribution in [1.29, 1.82) is 0 Å². The van der Waals surface area contributed by atoms with E-state index in [1.807, 2.05) is 0 Å². The molecule has 0 aliphatic carbocycles. The van der Waals surface area contributed by atoms with Gasteiger partial charge >= 0.3 is 0 Å². The molecule has 0 saturated carbocycles. The van der Waals surface area contributed by atoms with E-state index in [9.17, 15) is 16.8 Å². The second kappa shape index (κ2) is 5.57. The third kappa shape index (κ3) is 5.26. The van der Waals surface area contributed by atoms with Gasteiger partial charge in [0.1, 0.15) is 0 Å². The molecule has 1 rings (SSSR count). The number of benzene rings is 1. The van der Waals surface area contributed by atoms with Crippen LogP contribution in [-0.2, 0) is 19.9 Å². The largest absolute Gasteiger partial charge is 0.411 e. The van der Waals surface area contributed by atoms with Crippen LogP contribution in [0.3, 0.4) is 0 Å². The molecule has 0 bridgehead atoms. The lowest BCUT2D eigenvalue weighted by Crippen LogP contribution is -2.22.